The van der Waals surface area contributed by atoms with Gasteiger partial charge in [0.05, 0.1) is 30.0 Å². The number of amides is 3. The van der Waals surface area contributed by atoms with Crippen molar-refractivity contribution >= 4 is 71.8 Å². The molecule has 2 heterocycles. The van der Waals surface area contributed by atoms with Crippen LogP contribution in [0, 0.1) is 0 Å². The number of anilines is 2. The molecule has 0 spiro atoms. The summed E-state index contributed by atoms with van der Waals surface area (Å²) in [4.78, 5) is 52.0. The minimum Gasteiger partial charge on any atom is -0.475 e. The van der Waals surface area contributed by atoms with Crippen LogP contribution in [0.4, 0.5) is 24.5 Å². The molecule has 0 radical (unpaired) electrons. The molecule has 1 aliphatic rings. The van der Waals surface area contributed by atoms with Crippen LogP contribution in [0.25, 0.3) is 11.0 Å². The predicted molar refractivity (Wildman–Crippen MR) is 160 cm³/mol. The lowest BCUT2D eigenvalue weighted by atomic mass is 10.1. The number of carboxylic acids is 1. The molecule has 244 valence electrons. The van der Waals surface area contributed by atoms with E-state index in [0.29, 0.717) is 28.0 Å². The first-order valence-corrected chi connectivity index (χ1v) is 15.9. The van der Waals surface area contributed by atoms with Crippen molar-refractivity contribution in [3.05, 3.63) is 52.6 Å². The van der Waals surface area contributed by atoms with Crippen LogP contribution in [0.1, 0.15) is 19.5 Å². The highest BCUT2D eigenvalue weighted by atomic mass is 79.9. The number of likely N-dealkylation sites (N-methyl/N-ethyl adjacent to an activating group) is 1. The number of nitrogens with one attached hydrogen (secondary N) is 2. The second kappa shape index (κ2) is 13.9. The van der Waals surface area contributed by atoms with Crippen LogP contribution in [0.3, 0.4) is 0 Å². The fraction of sp³-hybridized carbons (Fsp3) is 0.370. The molecule has 13 nitrogen and oxygen atoms in total. The molecular weight excluding hydrogens is 691 g/mol. The molecule has 4 rings (SSSR count). The molecule has 1 aromatic heterocycles. The number of halogens is 4. The Kier molecular flexibility index (Phi) is 11.0. The zero-order valence-electron chi connectivity index (χ0n) is 24.3. The highest BCUT2D eigenvalue weighted by molar-refractivity contribution is 9.10. The summed E-state index contributed by atoms with van der Waals surface area (Å²) in [6.07, 6.45) is -4.11. The predicted octanol–water partition coefficient (Wildman–Crippen LogP) is 2.63. The third-order valence-electron chi connectivity index (χ3n) is 6.69. The zero-order chi connectivity index (χ0) is 33.9. The van der Waals surface area contributed by atoms with E-state index in [2.05, 4.69) is 31.7 Å². The number of hydrogen-bond donors (Lipinski definition) is 3. The molecule has 1 aliphatic heterocycles. The van der Waals surface area contributed by atoms with Gasteiger partial charge in [-0.2, -0.15) is 13.2 Å². The van der Waals surface area contributed by atoms with Crippen molar-refractivity contribution in [2.75, 3.05) is 28.9 Å². The number of aliphatic carboxylic acids is 1. The summed E-state index contributed by atoms with van der Waals surface area (Å²) in [5.41, 5.74) is 1.72. The first-order valence-electron chi connectivity index (χ1n) is 13.1. The maximum atomic E-state index is 14.1. The maximum absolute atomic E-state index is 14.1. The van der Waals surface area contributed by atoms with Crippen LogP contribution in [0.2, 0.25) is 0 Å². The summed E-state index contributed by atoms with van der Waals surface area (Å²) in [5.74, 6) is -5.15. The first kappa shape index (κ1) is 35.4. The highest BCUT2D eigenvalue weighted by Gasteiger charge is 2.43. The molecular formula is C27H29BrF3N5O8S. The third kappa shape index (κ3) is 8.58. The number of carboxylic acid groups (broad SMARTS) is 1. The molecule has 3 atom stereocenters. The van der Waals surface area contributed by atoms with E-state index in [1.807, 2.05) is 12.1 Å². The number of carbonyl (C=O) groups excluding carboxylic acids is 3. The number of para-hydroxylation sites is 2. The van der Waals surface area contributed by atoms with Gasteiger partial charge in [0.1, 0.15) is 17.5 Å². The molecule has 45 heavy (non-hydrogen) atoms. The van der Waals surface area contributed by atoms with Gasteiger partial charge in [-0.25, -0.2) is 13.2 Å². The number of benzene rings is 2. The van der Waals surface area contributed by atoms with E-state index in [9.17, 15) is 36.0 Å². The number of sulfone groups is 1. The summed E-state index contributed by atoms with van der Waals surface area (Å²) < 4.78 is 62.1. The van der Waals surface area contributed by atoms with Crippen LogP contribution in [-0.2, 0) is 35.6 Å². The van der Waals surface area contributed by atoms with Gasteiger partial charge in [0.2, 0.25) is 11.8 Å². The maximum Gasteiger partial charge on any atom is 0.490 e. The Morgan fingerprint density at radius 3 is 2.31 bits per heavy atom. The Morgan fingerprint density at radius 1 is 1.16 bits per heavy atom. The SMILES string of the molecule is CN[C@@H](C)C(=O)N[C@@H]1C(=O)N(Cc2noc3cc(Br)ccc23)c2ccccc2N(C(=O)CS(C)(=O)=O)[C@H]1C.O=C(O)C(F)(F)F. The summed E-state index contributed by atoms with van der Waals surface area (Å²) in [6.45, 7) is 3.23. The van der Waals surface area contributed by atoms with E-state index in [0.717, 1.165) is 10.7 Å². The van der Waals surface area contributed by atoms with E-state index >= 15 is 0 Å². The Labute approximate surface area is 263 Å². The smallest absolute Gasteiger partial charge is 0.475 e. The number of rotatable bonds is 7. The van der Waals surface area contributed by atoms with Gasteiger partial charge in [-0.1, -0.05) is 33.2 Å². The van der Waals surface area contributed by atoms with Crippen LogP contribution >= 0.6 is 15.9 Å². The second-order valence-corrected chi connectivity index (χ2v) is 13.1. The fourth-order valence-electron chi connectivity index (χ4n) is 4.39. The van der Waals surface area contributed by atoms with Crippen LogP contribution < -0.4 is 20.4 Å². The molecule has 0 bridgehead atoms. The van der Waals surface area contributed by atoms with Crippen LogP contribution in [0.5, 0.6) is 0 Å². The number of hydrogen-bond acceptors (Lipinski definition) is 9. The Hall–Kier alpha value is -4.03. The minimum absolute atomic E-state index is 0.0146. The number of nitrogens with zero attached hydrogens (tertiary/aromatic N) is 3. The van der Waals surface area contributed by atoms with Crippen molar-refractivity contribution < 1.29 is 50.4 Å². The summed E-state index contributed by atoms with van der Waals surface area (Å²) in [6, 6.07) is 9.43. The lowest BCUT2D eigenvalue weighted by Crippen LogP contribution is -2.60. The molecule has 2 aromatic carbocycles. The molecule has 0 aliphatic carbocycles. The quantitative estimate of drug-likeness (QED) is 0.329. The van der Waals surface area contributed by atoms with Gasteiger partial charge in [-0.15, -0.1) is 0 Å². The molecule has 0 saturated heterocycles. The lowest BCUT2D eigenvalue weighted by molar-refractivity contribution is -0.192. The van der Waals surface area contributed by atoms with E-state index in [1.165, 1.54) is 9.80 Å². The number of aromatic nitrogens is 1. The van der Waals surface area contributed by atoms with E-state index in [-0.39, 0.29) is 6.54 Å². The van der Waals surface area contributed by atoms with E-state index in [1.54, 1.807) is 51.2 Å². The van der Waals surface area contributed by atoms with E-state index in [4.69, 9.17) is 14.4 Å². The van der Waals surface area contributed by atoms with Gasteiger partial charge in [0.15, 0.2) is 15.4 Å². The normalized spacial score (nSPS) is 17.6. The Bertz CT molecular complexity index is 1720. The summed E-state index contributed by atoms with van der Waals surface area (Å²) >= 11 is 3.40. The average Bonchev–Trinajstić information content (AvgIpc) is 3.31. The first-order chi connectivity index (χ1) is 20.9. The molecule has 3 aromatic rings. The largest absolute Gasteiger partial charge is 0.490 e. The topological polar surface area (TPSA) is 179 Å². The minimum atomic E-state index is -5.08. The molecule has 3 N–H and O–H groups in total. The third-order valence-corrected chi connectivity index (χ3v) is 7.96. The van der Waals surface area contributed by atoms with E-state index < -0.39 is 63.6 Å². The van der Waals surface area contributed by atoms with Crippen LogP contribution in [0.15, 0.2) is 51.5 Å². The Balaban J connectivity index is 0.000000707. The molecule has 3 amide bonds. The average molecular weight is 721 g/mol. The Morgan fingerprint density at radius 2 is 1.76 bits per heavy atom. The number of fused-ring (bicyclic) bond motifs is 2. The zero-order valence-corrected chi connectivity index (χ0v) is 26.7. The van der Waals surface area contributed by atoms with Crippen molar-refractivity contribution in [1.29, 1.82) is 0 Å². The van der Waals surface area contributed by atoms with Crippen LogP contribution in [-0.4, -0.2) is 85.7 Å². The van der Waals surface area contributed by atoms with Gasteiger partial charge in [0, 0.05) is 16.1 Å². The molecule has 0 saturated carbocycles. The standard InChI is InChI=1S/C25H28BrN5O6S.C2HF3O2/c1-14(27-3)24(33)28-23-15(2)31(22(32)13-38(4,35)36)20-8-6-5-7-19(20)30(25(23)34)12-18-17-10-9-16(26)11-21(17)37-29-18;3-2(4,5)1(6)7/h5-11,14-15,23,27H,12-13H2,1-4H3,(H,28,33);(H,6,7)/t14-,15-,23-;/m0./s1. The second-order valence-electron chi connectivity index (χ2n) is 10.1. The molecule has 18 heteroatoms. The fourth-order valence-corrected chi connectivity index (χ4v) is 5.32. The number of alkyl halides is 3. The summed E-state index contributed by atoms with van der Waals surface area (Å²) in [5, 5.41) is 17.6. The van der Waals surface area contributed by atoms with Gasteiger partial charge >= 0.3 is 12.1 Å². The van der Waals surface area contributed by atoms with Gasteiger partial charge < -0.3 is 30.1 Å². The number of carbonyl (C=O) groups is 4. The van der Waals surface area contributed by atoms with Crippen molar-refractivity contribution in [2.45, 2.75) is 44.7 Å². The van der Waals surface area contributed by atoms with Gasteiger partial charge in [0.25, 0.3) is 5.91 Å². The van der Waals surface area contributed by atoms with Crippen molar-refractivity contribution in [1.82, 2.24) is 15.8 Å². The monoisotopic (exact) mass is 719 g/mol. The molecule has 0 unspecified atom stereocenters. The highest BCUT2D eigenvalue weighted by Crippen LogP contribution is 2.37. The van der Waals surface area contributed by atoms with Gasteiger partial charge in [-0.05, 0) is 51.2 Å². The van der Waals surface area contributed by atoms with Crippen molar-refractivity contribution in [3.8, 4) is 0 Å². The summed E-state index contributed by atoms with van der Waals surface area (Å²) in [7, 11) is -2.07. The van der Waals surface area contributed by atoms with Crippen molar-refractivity contribution in [3.63, 3.8) is 0 Å². The van der Waals surface area contributed by atoms with Crippen molar-refractivity contribution in [2.24, 2.45) is 0 Å². The van der Waals surface area contributed by atoms with Gasteiger partial charge in [-0.3, -0.25) is 14.4 Å². The lowest BCUT2D eigenvalue weighted by Gasteiger charge is -2.32. The molecule has 0 fully saturated rings.